The molecule has 2 heterocycles. The van der Waals surface area contributed by atoms with Crippen molar-refractivity contribution < 1.29 is 23.8 Å². The summed E-state index contributed by atoms with van der Waals surface area (Å²) in [7, 11) is 4.44. The van der Waals surface area contributed by atoms with E-state index in [0.29, 0.717) is 29.5 Å². The molecule has 0 bridgehead atoms. The second-order valence-electron chi connectivity index (χ2n) is 10.8. The van der Waals surface area contributed by atoms with Crippen molar-refractivity contribution in [1.82, 2.24) is 21.3 Å². The predicted octanol–water partition coefficient (Wildman–Crippen LogP) is 6.31. The van der Waals surface area contributed by atoms with Gasteiger partial charge in [-0.25, -0.2) is 4.79 Å². The van der Waals surface area contributed by atoms with Crippen molar-refractivity contribution in [3.05, 3.63) is 82.6 Å². The normalized spacial score (nSPS) is 12.1. The van der Waals surface area contributed by atoms with Crippen LogP contribution in [0, 0.1) is 11.3 Å². The van der Waals surface area contributed by atoms with Gasteiger partial charge in [0.15, 0.2) is 16.6 Å². The van der Waals surface area contributed by atoms with Gasteiger partial charge in [-0.15, -0.1) is 22.7 Å². The van der Waals surface area contributed by atoms with Gasteiger partial charge >= 0.3 is 6.03 Å². The van der Waals surface area contributed by atoms with Crippen molar-refractivity contribution in [2.24, 2.45) is 0 Å². The number of hydrogen-bond acceptors (Lipinski definition) is 9. The van der Waals surface area contributed by atoms with Crippen LogP contribution >= 0.6 is 34.9 Å². The SMILES string of the molecule is CCNC(=S)NC(NC(=O)Nc1cc(OC)c(OC)c(OC)c1)(C(=O)NCCC#N)C(c1csc2ccccc12)c1csc2ccccc12. The first kappa shape index (κ1) is 35.2. The molecule has 5 N–H and O–H groups in total. The lowest BCUT2D eigenvalue weighted by molar-refractivity contribution is -0.128. The maximum atomic E-state index is 14.8. The third-order valence-corrected chi connectivity index (χ3v) is 10.0. The van der Waals surface area contributed by atoms with E-state index in [2.05, 4.69) is 32.7 Å². The molecule has 5 rings (SSSR count). The number of hydrogen-bond donors (Lipinski definition) is 5. The number of nitrogens with one attached hydrogen (secondary N) is 5. The van der Waals surface area contributed by atoms with Gasteiger partial charge in [0.2, 0.25) is 11.4 Å². The van der Waals surface area contributed by atoms with Crippen LogP contribution in [-0.4, -0.2) is 57.1 Å². The van der Waals surface area contributed by atoms with Crippen LogP contribution in [0.15, 0.2) is 71.4 Å². The fraction of sp³-hybridized carbons (Fsp3) is 0.257. The van der Waals surface area contributed by atoms with Crippen LogP contribution < -0.4 is 40.8 Å². The number of thiocarbonyl (C=S) groups is 1. The van der Waals surface area contributed by atoms with Gasteiger partial charge in [-0.05, 0) is 63.9 Å². The Balaban J connectivity index is 1.74. The van der Waals surface area contributed by atoms with Crippen molar-refractivity contribution >= 4 is 77.8 Å². The smallest absolute Gasteiger partial charge is 0.321 e. The zero-order valence-corrected chi connectivity index (χ0v) is 29.8. The summed E-state index contributed by atoms with van der Waals surface area (Å²) >= 11 is 8.82. The van der Waals surface area contributed by atoms with Crippen LogP contribution in [0.3, 0.4) is 0 Å². The molecule has 1 unspecified atom stereocenters. The number of ether oxygens (including phenoxy) is 3. The van der Waals surface area contributed by atoms with E-state index in [9.17, 15) is 14.9 Å². The first-order chi connectivity index (χ1) is 23.8. The van der Waals surface area contributed by atoms with Crippen LogP contribution in [0.5, 0.6) is 17.2 Å². The van der Waals surface area contributed by atoms with Gasteiger partial charge in [-0.2, -0.15) is 5.26 Å². The Labute approximate surface area is 297 Å². The number of benzene rings is 3. The molecular weight excluding hydrogens is 681 g/mol. The van der Waals surface area contributed by atoms with Crippen molar-refractivity contribution in [1.29, 1.82) is 5.26 Å². The quantitative estimate of drug-likeness (QED) is 0.0538. The van der Waals surface area contributed by atoms with Crippen LogP contribution in [0.1, 0.15) is 30.4 Å². The van der Waals surface area contributed by atoms with Gasteiger partial charge in [0.1, 0.15) is 0 Å². The molecule has 3 aromatic carbocycles. The summed E-state index contributed by atoms with van der Waals surface area (Å²) in [5, 5.41) is 30.4. The Kier molecular flexibility index (Phi) is 11.4. The topological polar surface area (TPSA) is 146 Å². The number of methoxy groups -OCH3 is 3. The average Bonchev–Trinajstić information content (AvgIpc) is 3.73. The lowest BCUT2D eigenvalue weighted by Crippen LogP contribution is -2.73. The third kappa shape index (κ3) is 7.34. The molecule has 1 atom stereocenters. The first-order valence-electron chi connectivity index (χ1n) is 15.3. The van der Waals surface area contributed by atoms with Gasteiger partial charge in [0.05, 0.1) is 45.4 Å². The van der Waals surface area contributed by atoms with Crippen LogP contribution in [0.25, 0.3) is 20.2 Å². The molecule has 14 heteroatoms. The Morgan fingerprint density at radius 2 is 1.45 bits per heavy atom. The molecule has 5 aromatic rings. The van der Waals surface area contributed by atoms with Crippen LogP contribution in [-0.2, 0) is 4.79 Å². The van der Waals surface area contributed by atoms with E-state index < -0.39 is 23.5 Å². The Morgan fingerprint density at radius 3 is 1.96 bits per heavy atom. The highest BCUT2D eigenvalue weighted by atomic mass is 32.1. The van der Waals surface area contributed by atoms with Crippen molar-refractivity contribution in [2.75, 3.05) is 39.7 Å². The summed E-state index contributed by atoms with van der Waals surface area (Å²) in [5.74, 6) is -0.385. The van der Waals surface area contributed by atoms with E-state index in [0.717, 1.165) is 31.3 Å². The molecule has 0 saturated heterocycles. The van der Waals surface area contributed by atoms with Crippen LogP contribution in [0.2, 0.25) is 0 Å². The van der Waals surface area contributed by atoms with Gasteiger partial charge < -0.3 is 40.8 Å². The summed E-state index contributed by atoms with van der Waals surface area (Å²) in [6.45, 7) is 2.39. The molecule has 0 radical (unpaired) electrons. The molecule has 0 fully saturated rings. The van der Waals surface area contributed by atoms with Gasteiger partial charge in [-0.1, -0.05) is 36.4 Å². The zero-order chi connectivity index (χ0) is 35.0. The van der Waals surface area contributed by atoms with E-state index in [1.165, 1.54) is 21.3 Å². The molecule has 49 heavy (non-hydrogen) atoms. The van der Waals surface area contributed by atoms with E-state index >= 15 is 0 Å². The predicted molar refractivity (Wildman–Crippen MR) is 199 cm³/mol. The molecule has 3 amide bonds. The lowest BCUT2D eigenvalue weighted by atomic mass is 9.79. The minimum Gasteiger partial charge on any atom is -0.493 e. The Bertz CT molecular complexity index is 1920. The van der Waals surface area contributed by atoms with Gasteiger partial charge in [0, 0.05) is 34.6 Å². The maximum absolute atomic E-state index is 14.8. The largest absolute Gasteiger partial charge is 0.493 e. The number of amides is 3. The van der Waals surface area contributed by atoms with E-state index in [-0.39, 0.29) is 18.1 Å². The summed E-state index contributed by atoms with van der Waals surface area (Å²) in [5.41, 5.74) is 0.00476. The minimum atomic E-state index is -1.92. The fourth-order valence-electron chi connectivity index (χ4n) is 5.75. The summed E-state index contributed by atoms with van der Waals surface area (Å²) in [4.78, 5) is 29.1. The lowest BCUT2D eigenvalue weighted by Gasteiger charge is -2.41. The molecule has 0 aliphatic carbocycles. The van der Waals surface area contributed by atoms with E-state index in [4.69, 9.17) is 26.4 Å². The van der Waals surface area contributed by atoms with Crippen molar-refractivity contribution in [2.45, 2.75) is 24.9 Å². The molecular formula is C35H36N6O5S3. The maximum Gasteiger partial charge on any atom is 0.321 e. The van der Waals surface area contributed by atoms with Gasteiger partial charge in [0.25, 0.3) is 5.91 Å². The van der Waals surface area contributed by atoms with Gasteiger partial charge in [-0.3, -0.25) is 4.79 Å². The number of rotatable bonds is 13. The second kappa shape index (κ2) is 15.9. The Morgan fingerprint density at radius 1 is 0.878 bits per heavy atom. The fourth-order valence-corrected chi connectivity index (χ4v) is 8.03. The van der Waals surface area contributed by atoms with Crippen molar-refractivity contribution in [3.63, 3.8) is 0 Å². The number of carbonyl (C=O) groups excluding carboxylic acids is 2. The van der Waals surface area contributed by atoms with E-state index in [1.54, 1.807) is 34.8 Å². The zero-order valence-electron chi connectivity index (χ0n) is 27.3. The summed E-state index contributed by atoms with van der Waals surface area (Å²) < 4.78 is 18.4. The highest BCUT2D eigenvalue weighted by Crippen LogP contribution is 2.45. The molecule has 2 aromatic heterocycles. The molecule has 254 valence electrons. The number of fused-ring (bicyclic) bond motifs is 2. The van der Waals surface area contributed by atoms with Crippen LogP contribution in [0.4, 0.5) is 10.5 Å². The monoisotopic (exact) mass is 716 g/mol. The summed E-state index contributed by atoms with van der Waals surface area (Å²) in [6.07, 6.45) is 0.0601. The third-order valence-electron chi connectivity index (χ3n) is 7.84. The minimum absolute atomic E-state index is 0.0460. The highest BCUT2D eigenvalue weighted by Gasteiger charge is 2.51. The average molecular weight is 717 g/mol. The number of thiophene rings is 2. The number of urea groups is 1. The highest BCUT2D eigenvalue weighted by molar-refractivity contribution is 7.80. The molecule has 0 aliphatic heterocycles. The molecule has 0 aliphatic rings. The second-order valence-corrected chi connectivity index (χ2v) is 13.0. The number of nitriles is 1. The summed E-state index contributed by atoms with van der Waals surface area (Å²) in [6, 6.07) is 20.4. The molecule has 0 saturated carbocycles. The molecule has 0 spiro atoms. The molecule has 11 nitrogen and oxygen atoms in total. The first-order valence-corrected chi connectivity index (χ1v) is 17.5. The Hall–Kier alpha value is -5.10. The van der Waals surface area contributed by atoms with E-state index in [1.807, 2.05) is 66.2 Å². The standard InChI is InChI=1S/C35H36N6O5S3/c1-5-37-34(47)41-35(32(42)38-16-10-15-36,40-33(43)39-21-17-26(44-2)31(46-4)27(18-21)45-3)30(24-19-48-28-13-8-6-11-22(24)28)25-20-49-29-14-9-7-12-23(25)29/h6-9,11-14,17-20,30H,5,10,16H2,1-4H3,(H,38,42)(H2,37,41,47)(H2,39,40,43). The number of nitrogens with zero attached hydrogens (tertiary/aromatic N) is 1. The number of carbonyl (C=O) groups is 2. The number of anilines is 1. The van der Waals surface area contributed by atoms with Crippen molar-refractivity contribution in [3.8, 4) is 23.3 Å².